The van der Waals surface area contributed by atoms with E-state index in [1.807, 2.05) is 43.3 Å². The Hall–Kier alpha value is -3.81. The highest BCUT2D eigenvalue weighted by Gasteiger charge is 2.31. The van der Waals surface area contributed by atoms with Crippen molar-refractivity contribution in [2.45, 2.75) is 6.92 Å². The van der Waals surface area contributed by atoms with E-state index < -0.39 is 0 Å². The van der Waals surface area contributed by atoms with Gasteiger partial charge in [0.2, 0.25) is 12.7 Å². The van der Waals surface area contributed by atoms with Crippen LogP contribution in [0.1, 0.15) is 5.69 Å². The molecule has 0 bridgehead atoms. The summed E-state index contributed by atoms with van der Waals surface area (Å²) in [5.41, 5.74) is 3.14. The Morgan fingerprint density at radius 3 is 2.87 bits per heavy atom. The number of hydrogen-bond acceptors (Lipinski definition) is 5. The van der Waals surface area contributed by atoms with Crippen molar-refractivity contribution in [2.24, 2.45) is 0 Å². The smallest absolute Gasteiger partial charge is 0.325 e. The van der Waals surface area contributed by atoms with Crippen molar-refractivity contribution in [3.63, 3.8) is 0 Å². The van der Waals surface area contributed by atoms with E-state index in [0.29, 0.717) is 30.3 Å². The molecule has 1 N–H and O–H groups in total. The molecule has 3 amide bonds. The lowest BCUT2D eigenvalue weighted by atomic mass is 10.1. The molecule has 0 atom stereocenters. The fourth-order valence-corrected chi connectivity index (χ4v) is 3.75. The number of carbonyl (C=O) groups excluding carboxylic acids is 2. The molecule has 0 spiro atoms. The number of anilines is 2. The molecule has 1 aromatic heterocycles. The fourth-order valence-electron chi connectivity index (χ4n) is 3.75. The second-order valence-electron chi connectivity index (χ2n) is 7.27. The third kappa shape index (κ3) is 3.26. The largest absolute Gasteiger partial charge is 0.454 e. The molecule has 2 aliphatic rings. The molecule has 3 aromatic rings. The zero-order valence-electron chi connectivity index (χ0n) is 16.4. The van der Waals surface area contributed by atoms with E-state index in [4.69, 9.17) is 9.47 Å². The molecule has 2 aromatic carbocycles. The Morgan fingerprint density at radius 1 is 1.10 bits per heavy atom. The predicted octanol–water partition coefficient (Wildman–Crippen LogP) is 3.15. The van der Waals surface area contributed by atoms with Gasteiger partial charge >= 0.3 is 6.03 Å². The topological polar surface area (TPSA) is 84.0 Å². The summed E-state index contributed by atoms with van der Waals surface area (Å²) in [4.78, 5) is 33.1. The number of carbonyl (C=O) groups is 2. The van der Waals surface area contributed by atoms with Gasteiger partial charge in [-0.05, 0) is 43.3 Å². The minimum atomic E-state index is -0.246. The van der Waals surface area contributed by atoms with E-state index in [9.17, 15) is 9.59 Å². The van der Waals surface area contributed by atoms with Crippen LogP contribution in [0.4, 0.5) is 16.2 Å². The van der Waals surface area contributed by atoms with Crippen molar-refractivity contribution >= 4 is 34.2 Å². The Bertz CT molecular complexity index is 1160. The van der Waals surface area contributed by atoms with Crippen molar-refractivity contribution in [3.05, 3.63) is 54.2 Å². The van der Waals surface area contributed by atoms with Crippen LogP contribution in [0.2, 0.25) is 0 Å². The number of aromatic nitrogens is 1. The van der Waals surface area contributed by atoms with Crippen LogP contribution in [0.3, 0.4) is 0 Å². The third-order valence-electron chi connectivity index (χ3n) is 5.24. The van der Waals surface area contributed by atoms with Crippen LogP contribution in [0.25, 0.3) is 10.9 Å². The first-order valence-corrected chi connectivity index (χ1v) is 9.71. The van der Waals surface area contributed by atoms with Gasteiger partial charge in [0.15, 0.2) is 11.5 Å². The molecule has 1 fully saturated rings. The zero-order chi connectivity index (χ0) is 20.7. The van der Waals surface area contributed by atoms with Gasteiger partial charge in [0.25, 0.3) is 0 Å². The molecule has 30 heavy (non-hydrogen) atoms. The normalized spacial score (nSPS) is 15.2. The highest BCUT2D eigenvalue weighted by Crippen LogP contribution is 2.36. The van der Waals surface area contributed by atoms with Gasteiger partial charge in [-0.25, -0.2) is 4.79 Å². The number of nitrogens with zero attached hydrogens (tertiary/aromatic N) is 3. The summed E-state index contributed by atoms with van der Waals surface area (Å²) in [5, 5.41) is 3.78. The molecule has 152 valence electrons. The first-order chi connectivity index (χ1) is 14.6. The van der Waals surface area contributed by atoms with E-state index in [2.05, 4.69) is 10.3 Å². The van der Waals surface area contributed by atoms with Gasteiger partial charge in [0, 0.05) is 35.9 Å². The quantitative estimate of drug-likeness (QED) is 0.722. The summed E-state index contributed by atoms with van der Waals surface area (Å²) in [7, 11) is 0. The first-order valence-electron chi connectivity index (χ1n) is 9.71. The van der Waals surface area contributed by atoms with E-state index in [0.717, 1.165) is 22.3 Å². The maximum absolute atomic E-state index is 12.8. The van der Waals surface area contributed by atoms with Crippen LogP contribution in [-0.2, 0) is 4.79 Å². The summed E-state index contributed by atoms with van der Waals surface area (Å²) >= 11 is 0. The molecule has 8 heteroatoms. The predicted molar refractivity (Wildman–Crippen MR) is 112 cm³/mol. The Morgan fingerprint density at radius 2 is 1.97 bits per heavy atom. The molecule has 1 saturated heterocycles. The standard InChI is InChI=1S/C22H20N4O4/c1-14-5-7-16-17(23-14)3-2-4-18(16)24-21(27)12-25-9-10-26(22(25)28)15-6-8-19-20(11-15)30-13-29-19/h2-8,11H,9-10,12-13H2,1H3,(H,24,27). The van der Waals surface area contributed by atoms with Gasteiger partial charge in [-0.1, -0.05) is 6.07 Å². The lowest BCUT2D eigenvalue weighted by molar-refractivity contribution is -0.116. The number of fused-ring (bicyclic) bond motifs is 2. The molecule has 8 nitrogen and oxygen atoms in total. The molecule has 3 heterocycles. The van der Waals surface area contributed by atoms with Crippen LogP contribution in [0.15, 0.2) is 48.5 Å². The molecule has 0 aliphatic carbocycles. The maximum Gasteiger partial charge on any atom is 0.325 e. The van der Waals surface area contributed by atoms with Gasteiger partial charge in [-0.2, -0.15) is 0 Å². The monoisotopic (exact) mass is 404 g/mol. The maximum atomic E-state index is 12.8. The molecule has 0 unspecified atom stereocenters. The molecular weight excluding hydrogens is 384 g/mol. The van der Waals surface area contributed by atoms with Crippen LogP contribution in [0, 0.1) is 6.92 Å². The lowest BCUT2D eigenvalue weighted by Gasteiger charge is -2.19. The van der Waals surface area contributed by atoms with E-state index in [1.54, 1.807) is 17.0 Å². The number of amides is 3. The second-order valence-corrected chi connectivity index (χ2v) is 7.27. The van der Waals surface area contributed by atoms with Crippen molar-refractivity contribution in [1.82, 2.24) is 9.88 Å². The van der Waals surface area contributed by atoms with Gasteiger partial charge in [0.05, 0.1) is 11.2 Å². The average Bonchev–Trinajstić information content (AvgIpc) is 3.34. The van der Waals surface area contributed by atoms with Gasteiger partial charge in [-0.3, -0.25) is 14.7 Å². The number of benzene rings is 2. The number of rotatable bonds is 4. The van der Waals surface area contributed by atoms with Crippen LogP contribution >= 0.6 is 0 Å². The minimum Gasteiger partial charge on any atom is -0.454 e. The number of pyridine rings is 1. The van der Waals surface area contributed by atoms with Crippen LogP contribution < -0.4 is 19.7 Å². The van der Waals surface area contributed by atoms with E-state index in [-0.39, 0.29) is 25.3 Å². The lowest BCUT2D eigenvalue weighted by Crippen LogP contribution is -2.37. The highest BCUT2D eigenvalue weighted by molar-refractivity contribution is 6.03. The second kappa shape index (κ2) is 7.22. The molecular formula is C22H20N4O4. The van der Waals surface area contributed by atoms with Gasteiger partial charge in [0.1, 0.15) is 6.54 Å². The zero-order valence-corrected chi connectivity index (χ0v) is 16.4. The fraction of sp³-hybridized carbons (Fsp3) is 0.227. The van der Waals surface area contributed by atoms with Crippen molar-refractivity contribution in [1.29, 1.82) is 0 Å². The first kappa shape index (κ1) is 18.2. The van der Waals surface area contributed by atoms with Crippen molar-refractivity contribution in [3.8, 4) is 11.5 Å². The number of nitrogens with one attached hydrogen (secondary N) is 1. The summed E-state index contributed by atoms with van der Waals surface area (Å²) in [6.07, 6.45) is 0. The summed E-state index contributed by atoms with van der Waals surface area (Å²) in [6, 6.07) is 14.6. The average molecular weight is 404 g/mol. The number of aryl methyl sites for hydroxylation is 1. The molecule has 5 rings (SSSR count). The summed E-state index contributed by atoms with van der Waals surface area (Å²) in [6.45, 7) is 3.06. The Labute approximate surface area is 173 Å². The minimum absolute atomic E-state index is 0.0183. The molecule has 2 aliphatic heterocycles. The van der Waals surface area contributed by atoms with E-state index >= 15 is 0 Å². The van der Waals surface area contributed by atoms with Crippen molar-refractivity contribution in [2.75, 3.05) is 36.6 Å². The summed E-state index contributed by atoms with van der Waals surface area (Å²) < 4.78 is 10.7. The van der Waals surface area contributed by atoms with E-state index in [1.165, 1.54) is 4.90 Å². The van der Waals surface area contributed by atoms with Crippen molar-refractivity contribution < 1.29 is 19.1 Å². The van der Waals surface area contributed by atoms with Gasteiger partial charge < -0.3 is 19.7 Å². The number of ether oxygens (including phenoxy) is 2. The molecule has 0 saturated carbocycles. The Kier molecular flexibility index (Phi) is 4.39. The van der Waals surface area contributed by atoms with Gasteiger partial charge in [-0.15, -0.1) is 0 Å². The number of urea groups is 1. The Balaban J connectivity index is 1.28. The highest BCUT2D eigenvalue weighted by atomic mass is 16.7. The summed E-state index contributed by atoms with van der Waals surface area (Å²) in [5.74, 6) is 1.04. The molecule has 0 radical (unpaired) electrons. The number of hydrogen-bond donors (Lipinski definition) is 1. The van der Waals surface area contributed by atoms with Crippen LogP contribution in [-0.4, -0.2) is 48.2 Å². The SMILES string of the molecule is Cc1ccc2c(NC(=O)CN3CCN(c4ccc5c(c4)OCO5)C3=O)cccc2n1. The van der Waals surface area contributed by atoms with Crippen LogP contribution in [0.5, 0.6) is 11.5 Å². The third-order valence-corrected chi connectivity index (χ3v) is 5.24.